The van der Waals surface area contributed by atoms with Crippen LogP contribution in [0, 0.1) is 6.92 Å². The van der Waals surface area contributed by atoms with Crippen molar-refractivity contribution < 1.29 is 4.79 Å². The van der Waals surface area contributed by atoms with Gasteiger partial charge in [0.15, 0.2) is 0 Å². The van der Waals surface area contributed by atoms with Crippen molar-refractivity contribution in [3.05, 3.63) is 46.2 Å². The molecule has 5 heteroatoms. The standard InChI is InChI=1S/C15H18BrN3O/c1-4-18(5-2)15(20)14-10-17-19(11(14)3)13-8-6-12(16)7-9-13/h6-10H,4-5H2,1-3H3. The summed E-state index contributed by atoms with van der Waals surface area (Å²) in [6.45, 7) is 7.30. The largest absolute Gasteiger partial charge is 0.339 e. The molecule has 1 amide bonds. The second-order valence-electron chi connectivity index (χ2n) is 4.51. The Morgan fingerprint density at radius 2 is 1.85 bits per heavy atom. The van der Waals surface area contributed by atoms with Crippen molar-refractivity contribution in [2.45, 2.75) is 20.8 Å². The molecule has 0 fully saturated rings. The van der Waals surface area contributed by atoms with Gasteiger partial charge < -0.3 is 4.90 Å². The van der Waals surface area contributed by atoms with Gasteiger partial charge in [0, 0.05) is 17.6 Å². The minimum absolute atomic E-state index is 0.0378. The monoisotopic (exact) mass is 335 g/mol. The van der Waals surface area contributed by atoms with Gasteiger partial charge in [-0.05, 0) is 45.0 Å². The molecule has 106 valence electrons. The van der Waals surface area contributed by atoms with Crippen LogP contribution in [-0.4, -0.2) is 33.7 Å². The highest BCUT2D eigenvalue weighted by atomic mass is 79.9. The Morgan fingerprint density at radius 3 is 2.40 bits per heavy atom. The highest BCUT2D eigenvalue weighted by Gasteiger charge is 2.18. The molecule has 0 bridgehead atoms. The second-order valence-corrected chi connectivity index (χ2v) is 5.42. The van der Waals surface area contributed by atoms with Gasteiger partial charge >= 0.3 is 0 Å². The van der Waals surface area contributed by atoms with Crippen LogP contribution in [0.25, 0.3) is 5.69 Å². The van der Waals surface area contributed by atoms with E-state index in [1.54, 1.807) is 15.8 Å². The Kier molecular flexibility index (Phi) is 4.60. The lowest BCUT2D eigenvalue weighted by Gasteiger charge is -2.18. The van der Waals surface area contributed by atoms with E-state index in [4.69, 9.17) is 0 Å². The quantitative estimate of drug-likeness (QED) is 0.858. The van der Waals surface area contributed by atoms with Crippen LogP contribution in [0.5, 0.6) is 0 Å². The number of benzene rings is 1. The van der Waals surface area contributed by atoms with Gasteiger partial charge in [0.1, 0.15) is 0 Å². The van der Waals surface area contributed by atoms with E-state index >= 15 is 0 Å². The normalized spacial score (nSPS) is 10.6. The molecular weight excluding hydrogens is 318 g/mol. The lowest BCUT2D eigenvalue weighted by Crippen LogP contribution is -2.30. The van der Waals surface area contributed by atoms with Crippen LogP contribution >= 0.6 is 15.9 Å². The first-order chi connectivity index (χ1) is 9.58. The maximum absolute atomic E-state index is 12.4. The van der Waals surface area contributed by atoms with Gasteiger partial charge in [-0.3, -0.25) is 4.79 Å². The van der Waals surface area contributed by atoms with Crippen molar-refractivity contribution in [3.63, 3.8) is 0 Å². The first-order valence-electron chi connectivity index (χ1n) is 6.68. The molecule has 0 radical (unpaired) electrons. The van der Waals surface area contributed by atoms with Crippen molar-refractivity contribution in [1.82, 2.24) is 14.7 Å². The predicted octanol–water partition coefficient (Wildman–Crippen LogP) is 3.43. The van der Waals surface area contributed by atoms with Crippen molar-refractivity contribution in [1.29, 1.82) is 0 Å². The zero-order valence-corrected chi connectivity index (χ0v) is 13.5. The number of hydrogen-bond acceptors (Lipinski definition) is 2. The van der Waals surface area contributed by atoms with E-state index < -0.39 is 0 Å². The van der Waals surface area contributed by atoms with E-state index in [1.165, 1.54) is 0 Å². The lowest BCUT2D eigenvalue weighted by atomic mass is 10.2. The number of aromatic nitrogens is 2. The summed E-state index contributed by atoms with van der Waals surface area (Å²) in [5.74, 6) is 0.0378. The smallest absolute Gasteiger partial charge is 0.257 e. The van der Waals surface area contributed by atoms with Gasteiger partial charge in [0.25, 0.3) is 5.91 Å². The summed E-state index contributed by atoms with van der Waals surface area (Å²) >= 11 is 3.41. The van der Waals surface area contributed by atoms with Gasteiger partial charge in [-0.2, -0.15) is 5.10 Å². The van der Waals surface area contributed by atoms with Crippen LogP contribution in [0.15, 0.2) is 34.9 Å². The number of halogens is 1. The number of rotatable bonds is 4. The highest BCUT2D eigenvalue weighted by molar-refractivity contribution is 9.10. The van der Waals surface area contributed by atoms with Gasteiger partial charge in [0.05, 0.1) is 23.1 Å². The fraction of sp³-hybridized carbons (Fsp3) is 0.333. The number of carbonyl (C=O) groups is 1. The van der Waals surface area contributed by atoms with Crippen molar-refractivity contribution in [3.8, 4) is 5.69 Å². The van der Waals surface area contributed by atoms with E-state index in [1.807, 2.05) is 45.0 Å². The van der Waals surface area contributed by atoms with E-state index in [0.717, 1.165) is 15.9 Å². The van der Waals surface area contributed by atoms with Crippen molar-refractivity contribution in [2.75, 3.05) is 13.1 Å². The minimum atomic E-state index is 0.0378. The average Bonchev–Trinajstić information content (AvgIpc) is 2.83. The predicted molar refractivity (Wildman–Crippen MR) is 83.3 cm³/mol. The molecule has 0 unspecified atom stereocenters. The van der Waals surface area contributed by atoms with E-state index in [-0.39, 0.29) is 5.91 Å². The third kappa shape index (κ3) is 2.77. The topological polar surface area (TPSA) is 38.1 Å². The lowest BCUT2D eigenvalue weighted by molar-refractivity contribution is 0.0772. The maximum atomic E-state index is 12.4. The van der Waals surface area contributed by atoms with Crippen LogP contribution in [-0.2, 0) is 0 Å². The molecule has 0 aliphatic carbocycles. The molecule has 1 heterocycles. The Morgan fingerprint density at radius 1 is 1.25 bits per heavy atom. The van der Waals surface area contributed by atoms with Crippen LogP contribution in [0.1, 0.15) is 29.9 Å². The molecule has 0 aliphatic rings. The Labute approximate surface area is 127 Å². The zero-order chi connectivity index (χ0) is 14.7. The molecule has 1 aromatic carbocycles. The number of carbonyl (C=O) groups excluding carboxylic acids is 1. The first kappa shape index (κ1) is 14.8. The van der Waals surface area contributed by atoms with Crippen LogP contribution in [0.3, 0.4) is 0 Å². The van der Waals surface area contributed by atoms with E-state index in [9.17, 15) is 4.79 Å². The molecule has 0 spiro atoms. The molecule has 0 atom stereocenters. The maximum Gasteiger partial charge on any atom is 0.257 e. The van der Waals surface area contributed by atoms with Gasteiger partial charge in [-0.25, -0.2) is 4.68 Å². The molecule has 0 N–H and O–H groups in total. The average molecular weight is 336 g/mol. The summed E-state index contributed by atoms with van der Waals surface area (Å²) in [7, 11) is 0. The molecule has 0 aliphatic heterocycles. The number of hydrogen-bond donors (Lipinski definition) is 0. The third-order valence-electron chi connectivity index (χ3n) is 3.36. The van der Waals surface area contributed by atoms with Gasteiger partial charge in [-0.1, -0.05) is 15.9 Å². The molecule has 20 heavy (non-hydrogen) atoms. The minimum Gasteiger partial charge on any atom is -0.339 e. The SMILES string of the molecule is CCN(CC)C(=O)c1cnn(-c2ccc(Br)cc2)c1C. The summed E-state index contributed by atoms with van der Waals surface area (Å²) < 4.78 is 2.81. The molecule has 2 aromatic rings. The molecular formula is C15H18BrN3O. The zero-order valence-electron chi connectivity index (χ0n) is 11.9. The van der Waals surface area contributed by atoms with Crippen LogP contribution in [0.2, 0.25) is 0 Å². The summed E-state index contributed by atoms with van der Waals surface area (Å²) in [6, 6.07) is 7.86. The van der Waals surface area contributed by atoms with Crippen molar-refractivity contribution in [2.24, 2.45) is 0 Å². The van der Waals surface area contributed by atoms with Crippen molar-refractivity contribution >= 4 is 21.8 Å². The molecule has 4 nitrogen and oxygen atoms in total. The summed E-state index contributed by atoms with van der Waals surface area (Å²) in [5, 5.41) is 4.34. The van der Waals surface area contributed by atoms with E-state index in [2.05, 4.69) is 21.0 Å². The molecule has 0 saturated carbocycles. The first-order valence-corrected chi connectivity index (χ1v) is 7.47. The molecule has 2 rings (SSSR count). The Bertz CT molecular complexity index is 600. The van der Waals surface area contributed by atoms with Crippen LogP contribution < -0.4 is 0 Å². The fourth-order valence-electron chi connectivity index (χ4n) is 2.14. The highest BCUT2D eigenvalue weighted by Crippen LogP contribution is 2.18. The van der Waals surface area contributed by atoms with Gasteiger partial charge in [-0.15, -0.1) is 0 Å². The molecule has 1 aromatic heterocycles. The third-order valence-corrected chi connectivity index (χ3v) is 3.89. The summed E-state index contributed by atoms with van der Waals surface area (Å²) in [4.78, 5) is 14.2. The fourth-order valence-corrected chi connectivity index (χ4v) is 2.41. The number of nitrogens with zero attached hydrogens (tertiary/aromatic N) is 3. The number of amides is 1. The van der Waals surface area contributed by atoms with Crippen LogP contribution in [0.4, 0.5) is 0 Å². The summed E-state index contributed by atoms with van der Waals surface area (Å²) in [6.07, 6.45) is 1.65. The Balaban J connectivity index is 2.36. The summed E-state index contributed by atoms with van der Waals surface area (Å²) in [5.41, 5.74) is 2.48. The van der Waals surface area contributed by atoms with Gasteiger partial charge in [0.2, 0.25) is 0 Å². The van der Waals surface area contributed by atoms with E-state index in [0.29, 0.717) is 18.7 Å². The molecule has 0 saturated heterocycles. The Hall–Kier alpha value is -1.62. The second kappa shape index (κ2) is 6.22.